The fourth-order valence-electron chi connectivity index (χ4n) is 3.35. The lowest BCUT2D eigenvalue weighted by Crippen LogP contribution is -2.28. The highest BCUT2D eigenvalue weighted by molar-refractivity contribution is 7.99. The number of nitrogens with two attached hydrogens (primary N) is 1. The highest BCUT2D eigenvalue weighted by atomic mass is 32.2. The summed E-state index contributed by atoms with van der Waals surface area (Å²) in [6.07, 6.45) is 1.69. The highest BCUT2D eigenvalue weighted by Crippen LogP contribution is 2.24. The number of carbonyl (C=O) groups excluding carboxylic acids is 1. The number of aromatic nitrogens is 3. The summed E-state index contributed by atoms with van der Waals surface area (Å²) in [6.45, 7) is 0.904. The Morgan fingerprint density at radius 1 is 1.15 bits per heavy atom. The van der Waals surface area contributed by atoms with E-state index in [2.05, 4.69) is 15.5 Å². The minimum absolute atomic E-state index is 0.0351. The van der Waals surface area contributed by atoms with Gasteiger partial charge in [-0.25, -0.2) is 17.5 Å². The number of ether oxygens (including phenoxy) is 1. The predicted molar refractivity (Wildman–Crippen MR) is 125 cm³/mol. The molecule has 0 atom stereocenters. The van der Waals surface area contributed by atoms with E-state index in [0.717, 1.165) is 24.6 Å². The molecule has 2 heterocycles. The molecule has 2 aromatic carbocycles. The Kier molecular flexibility index (Phi) is 7.34. The van der Waals surface area contributed by atoms with Crippen LogP contribution in [0, 0.1) is 5.82 Å². The van der Waals surface area contributed by atoms with Crippen LogP contribution in [-0.2, 0) is 21.4 Å². The maximum absolute atomic E-state index is 13.7. The lowest BCUT2D eigenvalue weighted by Gasteiger charge is -2.16. The monoisotopic (exact) mass is 506 g/mol. The van der Waals surface area contributed by atoms with Crippen LogP contribution in [0.4, 0.5) is 10.1 Å². The third kappa shape index (κ3) is 5.48. The molecule has 0 spiro atoms. The van der Waals surface area contributed by atoms with Gasteiger partial charge < -0.3 is 15.9 Å². The summed E-state index contributed by atoms with van der Waals surface area (Å²) in [5.74, 6) is 5.38. The van der Waals surface area contributed by atoms with Gasteiger partial charge in [-0.15, -0.1) is 10.2 Å². The Balaban J connectivity index is 1.33. The van der Waals surface area contributed by atoms with Gasteiger partial charge in [0.1, 0.15) is 6.61 Å². The summed E-state index contributed by atoms with van der Waals surface area (Å²) >= 11 is 1.05. The third-order valence-electron chi connectivity index (χ3n) is 5.08. The zero-order chi connectivity index (χ0) is 24.1. The van der Waals surface area contributed by atoms with Crippen molar-refractivity contribution < 1.29 is 22.3 Å². The topological polar surface area (TPSA) is 132 Å². The molecule has 3 aromatic rings. The van der Waals surface area contributed by atoms with Crippen LogP contribution >= 0.6 is 11.8 Å². The molecule has 0 saturated carbocycles. The van der Waals surface area contributed by atoms with E-state index in [4.69, 9.17) is 10.6 Å². The molecule has 1 aliphatic heterocycles. The maximum Gasteiger partial charge on any atom is 0.243 e. The number of thioether (sulfide) groups is 1. The molecule has 1 amide bonds. The van der Waals surface area contributed by atoms with E-state index < -0.39 is 15.8 Å². The summed E-state index contributed by atoms with van der Waals surface area (Å²) in [7, 11) is -3.58. The summed E-state index contributed by atoms with van der Waals surface area (Å²) in [4.78, 5) is 12.6. The molecule has 1 aromatic heterocycles. The second-order valence-corrected chi connectivity index (χ2v) is 10.3. The first-order valence-electron chi connectivity index (χ1n) is 10.4. The zero-order valence-corrected chi connectivity index (χ0v) is 19.7. The zero-order valence-electron chi connectivity index (χ0n) is 18.1. The first-order chi connectivity index (χ1) is 16.3. The van der Waals surface area contributed by atoms with Crippen molar-refractivity contribution in [3.63, 3.8) is 0 Å². The van der Waals surface area contributed by atoms with Gasteiger partial charge in [-0.05, 0) is 43.2 Å². The fraction of sp³-hybridized carbons (Fsp3) is 0.286. The van der Waals surface area contributed by atoms with E-state index in [9.17, 15) is 17.6 Å². The van der Waals surface area contributed by atoms with Gasteiger partial charge in [0.25, 0.3) is 0 Å². The van der Waals surface area contributed by atoms with E-state index >= 15 is 0 Å². The van der Waals surface area contributed by atoms with Crippen LogP contribution in [0.2, 0.25) is 0 Å². The van der Waals surface area contributed by atoms with E-state index in [1.54, 1.807) is 24.3 Å². The third-order valence-corrected chi connectivity index (χ3v) is 7.92. The average molecular weight is 507 g/mol. The molecular formula is C21H23FN6O4S2. The number of carbonyl (C=O) groups is 1. The maximum atomic E-state index is 13.7. The number of anilines is 1. The van der Waals surface area contributed by atoms with Crippen molar-refractivity contribution in [1.29, 1.82) is 0 Å². The molecule has 1 fully saturated rings. The number of para-hydroxylation sites is 1. The van der Waals surface area contributed by atoms with Gasteiger partial charge in [0.2, 0.25) is 21.1 Å². The summed E-state index contributed by atoms with van der Waals surface area (Å²) in [5, 5.41) is 10.8. The van der Waals surface area contributed by atoms with Crippen LogP contribution in [0.5, 0.6) is 5.75 Å². The molecule has 0 bridgehead atoms. The number of hydrogen-bond donors (Lipinski definition) is 2. The van der Waals surface area contributed by atoms with Crippen LogP contribution in [0.1, 0.15) is 18.7 Å². The molecule has 0 aliphatic carbocycles. The number of nitrogen functional groups attached to an aromatic ring is 1. The Morgan fingerprint density at radius 3 is 2.68 bits per heavy atom. The van der Waals surface area contributed by atoms with Gasteiger partial charge in [0, 0.05) is 18.8 Å². The normalized spacial score (nSPS) is 14.3. The number of amides is 1. The van der Waals surface area contributed by atoms with Crippen LogP contribution in [0.3, 0.4) is 0 Å². The summed E-state index contributed by atoms with van der Waals surface area (Å²) < 4.78 is 47.1. The van der Waals surface area contributed by atoms with E-state index in [-0.39, 0.29) is 39.9 Å². The number of nitrogens with zero attached hydrogens (tertiary/aromatic N) is 4. The van der Waals surface area contributed by atoms with E-state index in [1.165, 1.54) is 33.2 Å². The Hall–Kier alpha value is -3.16. The number of nitrogens with one attached hydrogen (secondary N) is 1. The van der Waals surface area contributed by atoms with E-state index in [1.807, 2.05) is 0 Å². The lowest BCUT2D eigenvalue weighted by molar-refractivity contribution is -0.113. The number of hydrogen-bond acceptors (Lipinski definition) is 8. The summed E-state index contributed by atoms with van der Waals surface area (Å²) in [5.41, 5.74) is 0.374. The van der Waals surface area contributed by atoms with Crippen molar-refractivity contribution in [1.82, 2.24) is 19.2 Å². The fourth-order valence-corrected chi connectivity index (χ4v) is 5.59. The predicted octanol–water partition coefficient (Wildman–Crippen LogP) is 2.23. The van der Waals surface area contributed by atoms with Crippen molar-refractivity contribution in [2.24, 2.45) is 0 Å². The lowest BCUT2D eigenvalue weighted by atomic mass is 10.3. The van der Waals surface area contributed by atoms with Gasteiger partial charge in [0.15, 0.2) is 17.4 Å². The second-order valence-electron chi connectivity index (χ2n) is 7.46. The van der Waals surface area contributed by atoms with Crippen molar-refractivity contribution in [3.8, 4) is 5.75 Å². The highest BCUT2D eigenvalue weighted by Gasteiger charge is 2.27. The molecule has 1 aliphatic rings. The molecule has 0 radical (unpaired) electrons. The molecular weight excluding hydrogens is 483 g/mol. The first kappa shape index (κ1) is 24.0. The first-order valence-corrected chi connectivity index (χ1v) is 12.9. The van der Waals surface area contributed by atoms with E-state index in [0.29, 0.717) is 18.8 Å². The Bertz CT molecular complexity index is 1280. The number of rotatable bonds is 9. The molecule has 0 unspecified atom stereocenters. The van der Waals surface area contributed by atoms with Crippen molar-refractivity contribution in [2.45, 2.75) is 29.5 Å². The molecule has 180 valence electrons. The van der Waals surface area contributed by atoms with Gasteiger partial charge >= 0.3 is 0 Å². The van der Waals surface area contributed by atoms with Crippen LogP contribution < -0.4 is 15.9 Å². The van der Waals surface area contributed by atoms with Crippen molar-refractivity contribution >= 4 is 33.4 Å². The quantitative estimate of drug-likeness (QED) is 0.334. The minimum atomic E-state index is -3.58. The average Bonchev–Trinajstić information content (AvgIpc) is 3.48. The van der Waals surface area contributed by atoms with Crippen LogP contribution in [0.25, 0.3) is 0 Å². The second kappa shape index (κ2) is 10.4. The van der Waals surface area contributed by atoms with Crippen LogP contribution in [0.15, 0.2) is 58.6 Å². The van der Waals surface area contributed by atoms with Crippen LogP contribution in [-0.4, -0.2) is 52.3 Å². The summed E-state index contributed by atoms with van der Waals surface area (Å²) in [6, 6.07) is 12.1. The molecule has 1 saturated heterocycles. The van der Waals surface area contributed by atoms with Gasteiger partial charge in [0.05, 0.1) is 10.6 Å². The SMILES string of the molecule is Nn1c(COc2ccccc2F)nnc1SCC(=O)Nc1cccc(S(=O)(=O)N2CCCC2)c1. The van der Waals surface area contributed by atoms with Gasteiger partial charge in [-0.1, -0.05) is 30.0 Å². The Morgan fingerprint density at radius 2 is 1.91 bits per heavy atom. The smallest absolute Gasteiger partial charge is 0.243 e. The largest absolute Gasteiger partial charge is 0.482 e. The number of benzene rings is 2. The minimum Gasteiger partial charge on any atom is -0.482 e. The molecule has 10 nitrogen and oxygen atoms in total. The molecule has 13 heteroatoms. The number of sulfonamides is 1. The van der Waals surface area contributed by atoms with Gasteiger partial charge in [-0.2, -0.15) is 4.31 Å². The molecule has 4 rings (SSSR count). The molecule has 34 heavy (non-hydrogen) atoms. The van der Waals surface area contributed by atoms with Gasteiger partial charge in [-0.3, -0.25) is 4.79 Å². The molecule has 3 N–H and O–H groups in total. The van der Waals surface area contributed by atoms with Crippen molar-refractivity contribution in [3.05, 3.63) is 60.2 Å². The standard InChI is InChI=1S/C21H23FN6O4S2/c22-17-8-1-2-9-18(17)32-13-19-25-26-21(28(19)23)33-14-20(29)24-15-6-5-7-16(12-15)34(30,31)27-10-3-4-11-27/h1-2,5-9,12H,3-4,10-11,13-14,23H2,(H,24,29). The Labute approximate surface area is 200 Å². The van der Waals surface area contributed by atoms with Crippen molar-refractivity contribution in [2.75, 3.05) is 30.0 Å². The number of halogens is 1.